The second-order valence-electron chi connectivity index (χ2n) is 4.58. The van der Waals surface area contributed by atoms with Crippen molar-refractivity contribution in [2.45, 2.75) is 25.7 Å². The molecule has 0 aliphatic heterocycles. The van der Waals surface area contributed by atoms with Crippen LogP contribution >= 0.6 is 11.3 Å². The number of aromatic amines is 1. The average molecular weight is 256 g/mol. The number of H-pyrrole nitrogens is 1. The topological polar surface area (TPSA) is 64.0 Å². The van der Waals surface area contributed by atoms with Gasteiger partial charge in [-0.3, -0.25) is 5.73 Å². The van der Waals surface area contributed by atoms with E-state index in [9.17, 15) is 5.26 Å². The summed E-state index contributed by atoms with van der Waals surface area (Å²) in [5.74, 6) is 0.499. The minimum absolute atomic E-state index is 0.499. The molecule has 0 unspecified atom stereocenters. The number of hydrogen-bond acceptors (Lipinski definition) is 3. The molecule has 0 radical (unpaired) electrons. The van der Waals surface area contributed by atoms with E-state index in [1.54, 1.807) is 11.3 Å². The van der Waals surface area contributed by atoms with Gasteiger partial charge in [-0.05, 0) is 41.7 Å². The normalized spacial score (nSPS) is 13.9. The second-order valence-corrected chi connectivity index (χ2v) is 5.36. The van der Waals surface area contributed by atoms with Gasteiger partial charge >= 0.3 is 0 Å². The van der Waals surface area contributed by atoms with E-state index in [0.717, 1.165) is 24.0 Å². The Labute approximate surface area is 110 Å². The second kappa shape index (κ2) is 4.43. The molecule has 0 saturated carbocycles. The Kier molecular flexibility index (Phi) is 2.77. The molecular formula is C14H14N3S+. The number of nitriles is 1. The first kappa shape index (κ1) is 11.2. The molecule has 2 aromatic heterocycles. The summed E-state index contributed by atoms with van der Waals surface area (Å²) in [4.78, 5) is 3.21. The fourth-order valence-corrected chi connectivity index (χ4v) is 3.32. The number of nitrogens with zero attached hydrogens (tertiary/aromatic N) is 1. The van der Waals surface area contributed by atoms with Gasteiger partial charge in [-0.25, -0.2) is 4.98 Å². The molecular weight excluding hydrogens is 242 g/mol. The Balaban J connectivity index is 2.33. The molecule has 3 rings (SSSR count). The number of aryl methyl sites for hydroxylation is 1. The monoisotopic (exact) mass is 256 g/mol. The number of fused-ring (bicyclic) bond motifs is 1. The van der Waals surface area contributed by atoms with E-state index in [2.05, 4.69) is 22.5 Å². The van der Waals surface area contributed by atoms with Crippen molar-refractivity contribution in [2.75, 3.05) is 5.73 Å². The molecule has 1 aliphatic rings. The molecule has 3 nitrogen and oxygen atoms in total. The van der Waals surface area contributed by atoms with Crippen LogP contribution < -0.4 is 10.7 Å². The molecule has 1 aliphatic carbocycles. The molecule has 0 atom stereocenters. The number of aromatic nitrogens is 1. The highest BCUT2D eigenvalue weighted by molar-refractivity contribution is 7.08. The maximum absolute atomic E-state index is 9.35. The minimum atomic E-state index is 0.499. The van der Waals surface area contributed by atoms with E-state index in [1.165, 1.54) is 24.1 Å². The Bertz CT molecular complexity index is 623. The zero-order valence-electron chi connectivity index (χ0n) is 9.99. The van der Waals surface area contributed by atoms with Gasteiger partial charge in [-0.1, -0.05) is 0 Å². The van der Waals surface area contributed by atoms with E-state index < -0.39 is 0 Å². The Morgan fingerprint density at radius 2 is 2.17 bits per heavy atom. The van der Waals surface area contributed by atoms with Gasteiger partial charge in [0.2, 0.25) is 0 Å². The first-order valence-corrected chi connectivity index (χ1v) is 7.04. The van der Waals surface area contributed by atoms with Crippen molar-refractivity contribution >= 4 is 17.2 Å². The number of nitrogens with two attached hydrogens (primary N) is 1. The summed E-state index contributed by atoms with van der Waals surface area (Å²) in [6.07, 6.45) is 4.44. The SMILES string of the molecule is N#Cc1c(N)[nH+]c2c(c1-c1ccsc1)CCCC2. The lowest BCUT2D eigenvalue weighted by Crippen LogP contribution is -2.24. The van der Waals surface area contributed by atoms with Gasteiger partial charge in [0.25, 0.3) is 5.82 Å². The van der Waals surface area contributed by atoms with Gasteiger partial charge in [-0.15, -0.1) is 0 Å². The van der Waals surface area contributed by atoms with Crippen molar-refractivity contribution in [3.63, 3.8) is 0 Å². The van der Waals surface area contributed by atoms with Crippen molar-refractivity contribution in [3.05, 3.63) is 33.6 Å². The van der Waals surface area contributed by atoms with Gasteiger partial charge in [0.05, 0.1) is 0 Å². The Hall–Kier alpha value is -1.86. The average Bonchev–Trinajstić information content (AvgIpc) is 2.90. The van der Waals surface area contributed by atoms with Crippen molar-refractivity contribution in [1.82, 2.24) is 0 Å². The number of pyridine rings is 1. The summed E-state index contributed by atoms with van der Waals surface area (Å²) < 4.78 is 0. The van der Waals surface area contributed by atoms with Crippen LogP contribution in [0.5, 0.6) is 0 Å². The van der Waals surface area contributed by atoms with E-state index in [1.807, 2.05) is 5.38 Å². The van der Waals surface area contributed by atoms with Gasteiger partial charge < -0.3 is 0 Å². The number of hydrogen-bond donors (Lipinski definition) is 1. The zero-order chi connectivity index (χ0) is 12.5. The molecule has 0 spiro atoms. The van der Waals surface area contributed by atoms with Crippen molar-refractivity contribution in [1.29, 1.82) is 5.26 Å². The smallest absolute Gasteiger partial charge is 0.286 e. The Morgan fingerprint density at radius 1 is 1.33 bits per heavy atom. The minimum Gasteiger partial charge on any atom is -0.286 e. The van der Waals surface area contributed by atoms with E-state index in [0.29, 0.717) is 11.4 Å². The third kappa shape index (κ3) is 1.68. The molecule has 4 heteroatoms. The third-order valence-electron chi connectivity index (χ3n) is 3.50. The van der Waals surface area contributed by atoms with Crippen molar-refractivity contribution in [3.8, 4) is 17.2 Å². The molecule has 0 aromatic carbocycles. The van der Waals surface area contributed by atoms with E-state index in [4.69, 9.17) is 5.73 Å². The van der Waals surface area contributed by atoms with Crippen LogP contribution in [0, 0.1) is 11.3 Å². The van der Waals surface area contributed by atoms with Gasteiger partial charge in [0.1, 0.15) is 17.3 Å². The predicted molar refractivity (Wildman–Crippen MR) is 72.1 cm³/mol. The zero-order valence-corrected chi connectivity index (χ0v) is 10.8. The van der Waals surface area contributed by atoms with Gasteiger partial charge in [0, 0.05) is 17.5 Å². The summed E-state index contributed by atoms with van der Waals surface area (Å²) in [5, 5.41) is 13.5. The third-order valence-corrected chi connectivity index (χ3v) is 4.18. The molecule has 3 N–H and O–H groups in total. The maximum atomic E-state index is 9.35. The summed E-state index contributed by atoms with van der Waals surface area (Å²) in [5.41, 5.74) is 11.2. The van der Waals surface area contributed by atoms with Gasteiger partial charge in [0.15, 0.2) is 0 Å². The first-order chi connectivity index (χ1) is 8.81. The number of anilines is 1. The van der Waals surface area contributed by atoms with Crippen LogP contribution in [0.3, 0.4) is 0 Å². The highest BCUT2D eigenvalue weighted by atomic mass is 32.1. The lowest BCUT2D eigenvalue weighted by Gasteiger charge is -2.17. The summed E-state index contributed by atoms with van der Waals surface area (Å²) in [7, 11) is 0. The first-order valence-electron chi connectivity index (χ1n) is 6.10. The van der Waals surface area contributed by atoms with Crippen molar-refractivity contribution < 1.29 is 4.98 Å². The van der Waals surface area contributed by atoms with Crippen LogP contribution in [0.2, 0.25) is 0 Å². The molecule has 0 bridgehead atoms. The maximum Gasteiger partial charge on any atom is 0.289 e. The number of nitrogen functional groups attached to an aromatic ring is 1. The molecule has 2 aromatic rings. The number of thiophene rings is 1. The summed E-state index contributed by atoms with van der Waals surface area (Å²) >= 11 is 1.65. The molecule has 0 fully saturated rings. The van der Waals surface area contributed by atoms with Crippen LogP contribution in [0.15, 0.2) is 16.8 Å². The summed E-state index contributed by atoms with van der Waals surface area (Å²) in [6, 6.07) is 4.32. The molecule has 90 valence electrons. The fraction of sp³-hybridized carbons (Fsp3) is 0.286. The predicted octanol–water partition coefficient (Wildman–Crippen LogP) is 2.56. The van der Waals surface area contributed by atoms with Crippen molar-refractivity contribution in [2.24, 2.45) is 0 Å². The quantitative estimate of drug-likeness (QED) is 0.852. The summed E-state index contributed by atoms with van der Waals surface area (Å²) in [6.45, 7) is 0. The fourth-order valence-electron chi connectivity index (χ4n) is 2.67. The highest BCUT2D eigenvalue weighted by Crippen LogP contribution is 2.34. The lowest BCUT2D eigenvalue weighted by molar-refractivity contribution is -0.374. The molecule has 18 heavy (non-hydrogen) atoms. The number of nitrogens with one attached hydrogen (secondary N) is 1. The van der Waals surface area contributed by atoms with Crippen LogP contribution in [-0.4, -0.2) is 0 Å². The largest absolute Gasteiger partial charge is 0.289 e. The van der Waals surface area contributed by atoms with Crippen LogP contribution in [0.4, 0.5) is 5.82 Å². The lowest BCUT2D eigenvalue weighted by atomic mass is 9.87. The molecule has 0 amide bonds. The van der Waals surface area contributed by atoms with Crippen LogP contribution in [0.1, 0.15) is 29.7 Å². The van der Waals surface area contributed by atoms with E-state index in [-0.39, 0.29) is 0 Å². The Morgan fingerprint density at radius 3 is 2.89 bits per heavy atom. The molecule has 0 saturated heterocycles. The van der Waals surface area contributed by atoms with Crippen LogP contribution in [-0.2, 0) is 12.8 Å². The van der Waals surface area contributed by atoms with Gasteiger partial charge in [-0.2, -0.15) is 16.6 Å². The highest BCUT2D eigenvalue weighted by Gasteiger charge is 2.24. The standard InChI is InChI=1S/C14H13N3S/c15-7-11-13(9-5-6-18-8-9)10-3-1-2-4-12(10)17-14(11)16/h5-6,8H,1-4H2,(H2,16,17)/p+1. The van der Waals surface area contributed by atoms with E-state index >= 15 is 0 Å². The van der Waals surface area contributed by atoms with Crippen LogP contribution in [0.25, 0.3) is 11.1 Å². The molecule has 2 heterocycles. The number of rotatable bonds is 1.